The van der Waals surface area contributed by atoms with Crippen LogP contribution in [0.25, 0.3) is 0 Å². The third-order valence-electron chi connectivity index (χ3n) is 1.46. The molecule has 1 rings (SSSR count). The summed E-state index contributed by atoms with van der Waals surface area (Å²) in [6, 6.07) is 1.04. The second kappa shape index (κ2) is 3.30. The lowest BCUT2D eigenvalue weighted by Crippen LogP contribution is -2.29. The molecule has 0 bridgehead atoms. The first kappa shape index (κ1) is 3.51. The summed E-state index contributed by atoms with van der Waals surface area (Å²) >= 11 is 0. The molecule has 4 nitrogen and oxygen atoms in total. The molecule has 0 saturated carbocycles. The molecule has 0 amide bonds. The van der Waals surface area contributed by atoms with Crippen LogP contribution in [0.4, 0.5) is 0 Å². The topological polar surface area (TPSA) is 45.4 Å². The number of methoxy groups -OCH3 is 2. The van der Waals surface area contributed by atoms with Crippen LogP contribution >= 0.6 is 0 Å². The molecule has 1 heterocycles. The molecule has 4 heteroatoms. The van der Waals surface area contributed by atoms with Gasteiger partial charge in [-0.3, -0.25) is 0 Å². The van der Waals surface area contributed by atoms with Crippen molar-refractivity contribution in [2.24, 2.45) is 0 Å². The Morgan fingerprint density at radius 3 is 2.92 bits per heavy atom. The lowest BCUT2D eigenvalue weighted by atomic mass is 10.3. The summed E-state index contributed by atoms with van der Waals surface area (Å²) in [5.41, 5.74) is -0.104. The highest BCUT2D eigenvalue weighted by Gasteiger charge is 2.13. The van der Waals surface area contributed by atoms with E-state index in [1.807, 2.05) is 0 Å². The fourth-order valence-corrected chi connectivity index (χ4v) is 0.806. The molecule has 0 aromatic carbocycles. The Hall–Kier alpha value is -1.45. The van der Waals surface area contributed by atoms with Crippen molar-refractivity contribution in [2.75, 3.05) is 14.1 Å². The van der Waals surface area contributed by atoms with Gasteiger partial charge in [-0.2, -0.15) is 4.73 Å². The third-order valence-corrected chi connectivity index (χ3v) is 1.46. The molecule has 0 atom stereocenters. The van der Waals surface area contributed by atoms with Crippen molar-refractivity contribution >= 4 is 0 Å². The first-order valence-corrected chi connectivity index (χ1v) is 3.10. The standard InChI is InChI=1S/C8H11NO3/c1-6-8(12-3)7(11-2)4-5-9(6)10/h4-5H,1-3H3/i2D3,3D3. The van der Waals surface area contributed by atoms with Crippen molar-refractivity contribution in [3.8, 4) is 11.5 Å². The van der Waals surface area contributed by atoms with E-state index in [0.29, 0.717) is 4.73 Å². The van der Waals surface area contributed by atoms with Crippen LogP contribution in [-0.2, 0) is 0 Å². The molecular formula is C8H11NO3. The summed E-state index contributed by atoms with van der Waals surface area (Å²) in [7, 11) is -5.58. The van der Waals surface area contributed by atoms with Crippen LogP contribution in [0, 0.1) is 12.1 Å². The second-order valence-electron chi connectivity index (χ2n) is 2.12. The zero-order chi connectivity index (χ0) is 14.1. The van der Waals surface area contributed by atoms with E-state index in [1.165, 1.54) is 6.92 Å². The smallest absolute Gasteiger partial charge is 0.235 e. The molecule has 0 aliphatic rings. The third kappa shape index (κ3) is 1.28. The van der Waals surface area contributed by atoms with Gasteiger partial charge in [0.25, 0.3) is 0 Å². The Kier molecular flexibility index (Phi) is 0.965. The van der Waals surface area contributed by atoms with E-state index in [1.54, 1.807) is 0 Å². The molecule has 0 saturated heterocycles. The monoisotopic (exact) mass is 175 g/mol. The SMILES string of the molecule is [2H]C([2H])([2H])Oc1cc[n+]([O-])c(C)c1OC([2H])([2H])[2H]. The molecule has 1 aromatic heterocycles. The number of pyridine rings is 1. The highest BCUT2D eigenvalue weighted by atomic mass is 16.5. The lowest BCUT2D eigenvalue weighted by molar-refractivity contribution is -0.612. The first-order valence-electron chi connectivity index (χ1n) is 6.10. The van der Waals surface area contributed by atoms with Crippen LogP contribution in [0.3, 0.4) is 0 Å². The summed E-state index contributed by atoms with van der Waals surface area (Å²) in [6.07, 6.45) is 1.00. The Bertz CT molecular complexity index is 442. The first-order chi connectivity index (χ1) is 7.99. The van der Waals surface area contributed by atoms with Crippen molar-refractivity contribution in [3.63, 3.8) is 0 Å². The lowest BCUT2D eigenvalue weighted by Gasteiger charge is -2.09. The Morgan fingerprint density at radius 2 is 2.25 bits per heavy atom. The minimum Gasteiger partial charge on any atom is -0.618 e. The predicted octanol–water partition coefficient (Wildman–Crippen LogP) is 0.646. The van der Waals surface area contributed by atoms with Gasteiger partial charge in [-0.1, -0.05) is 0 Å². The summed E-state index contributed by atoms with van der Waals surface area (Å²) in [5.74, 6) is -0.737. The van der Waals surface area contributed by atoms with E-state index in [0.717, 1.165) is 12.3 Å². The number of nitrogens with zero attached hydrogens (tertiary/aromatic N) is 1. The molecule has 1 aromatic rings. The van der Waals surface area contributed by atoms with Gasteiger partial charge < -0.3 is 14.7 Å². The fraction of sp³-hybridized carbons (Fsp3) is 0.375. The van der Waals surface area contributed by atoms with E-state index in [-0.39, 0.29) is 11.4 Å². The summed E-state index contributed by atoms with van der Waals surface area (Å²) in [5, 5.41) is 11.3. The average Bonchev–Trinajstić information content (AvgIpc) is 2.14. The van der Waals surface area contributed by atoms with Gasteiger partial charge in [0.1, 0.15) is 0 Å². The van der Waals surface area contributed by atoms with Crippen LogP contribution in [0.1, 0.15) is 13.9 Å². The molecular weight excluding hydrogens is 158 g/mol. The van der Waals surface area contributed by atoms with Gasteiger partial charge in [-0.25, -0.2) is 0 Å². The maximum atomic E-state index is 11.3. The molecule has 0 radical (unpaired) electrons. The molecule has 0 spiro atoms. The van der Waals surface area contributed by atoms with Crippen LogP contribution in [0.2, 0.25) is 0 Å². The van der Waals surface area contributed by atoms with Gasteiger partial charge in [0.15, 0.2) is 11.9 Å². The Balaban J connectivity index is 3.22. The fourth-order valence-electron chi connectivity index (χ4n) is 0.806. The molecule has 0 aliphatic carbocycles. The van der Waals surface area contributed by atoms with E-state index >= 15 is 0 Å². The maximum Gasteiger partial charge on any atom is 0.235 e. The molecule has 0 unspecified atom stereocenters. The number of hydrogen-bond donors (Lipinski definition) is 0. The number of aromatic nitrogens is 1. The molecule has 12 heavy (non-hydrogen) atoms. The van der Waals surface area contributed by atoms with E-state index in [2.05, 4.69) is 9.47 Å². The maximum absolute atomic E-state index is 11.3. The predicted molar refractivity (Wildman–Crippen MR) is 43.2 cm³/mol. The molecule has 0 fully saturated rings. The Morgan fingerprint density at radius 1 is 1.50 bits per heavy atom. The molecule has 0 N–H and O–H groups in total. The van der Waals surface area contributed by atoms with Gasteiger partial charge in [0, 0.05) is 13.0 Å². The quantitative estimate of drug-likeness (QED) is 0.489. The number of rotatable bonds is 2. The van der Waals surface area contributed by atoms with Crippen molar-refractivity contribution in [1.82, 2.24) is 0 Å². The van der Waals surface area contributed by atoms with Gasteiger partial charge in [-0.15, -0.1) is 0 Å². The van der Waals surface area contributed by atoms with Crippen LogP contribution in [0.5, 0.6) is 11.5 Å². The van der Waals surface area contributed by atoms with Crippen molar-refractivity contribution < 1.29 is 22.4 Å². The second-order valence-corrected chi connectivity index (χ2v) is 2.12. The average molecular weight is 175 g/mol. The summed E-state index contributed by atoms with van der Waals surface area (Å²) in [4.78, 5) is 0. The largest absolute Gasteiger partial charge is 0.618 e. The van der Waals surface area contributed by atoms with Crippen LogP contribution < -0.4 is 14.2 Å². The highest BCUT2D eigenvalue weighted by Crippen LogP contribution is 2.26. The van der Waals surface area contributed by atoms with E-state index < -0.39 is 19.8 Å². The normalized spacial score (nSPS) is 19.1. The van der Waals surface area contributed by atoms with Gasteiger partial charge >= 0.3 is 0 Å². The van der Waals surface area contributed by atoms with Gasteiger partial charge in [0.05, 0.1) is 22.3 Å². The molecule has 66 valence electrons. The summed E-state index contributed by atoms with van der Waals surface area (Å²) < 4.78 is 51.3. The summed E-state index contributed by atoms with van der Waals surface area (Å²) in [6.45, 7) is 1.29. The van der Waals surface area contributed by atoms with Crippen LogP contribution in [0.15, 0.2) is 12.3 Å². The van der Waals surface area contributed by atoms with Gasteiger partial charge in [0.2, 0.25) is 11.4 Å². The molecule has 0 aliphatic heterocycles. The zero-order valence-corrected chi connectivity index (χ0v) is 6.33. The minimum atomic E-state index is -2.81. The zero-order valence-electron chi connectivity index (χ0n) is 12.3. The number of ether oxygens (including phenoxy) is 2. The van der Waals surface area contributed by atoms with Gasteiger partial charge in [-0.05, 0) is 0 Å². The Labute approximate surface area is 79.4 Å². The van der Waals surface area contributed by atoms with Crippen molar-refractivity contribution in [2.45, 2.75) is 6.92 Å². The highest BCUT2D eigenvalue weighted by molar-refractivity contribution is 5.39. The van der Waals surface area contributed by atoms with Crippen LogP contribution in [-0.4, -0.2) is 14.1 Å². The minimum absolute atomic E-state index is 0.104. The van der Waals surface area contributed by atoms with E-state index in [9.17, 15) is 5.21 Å². The van der Waals surface area contributed by atoms with Crippen molar-refractivity contribution in [1.29, 1.82) is 0 Å². The van der Waals surface area contributed by atoms with E-state index in [4.69, 9.17) is 8.22 Å². The van der Waals surface area contributed by atoms with Crippen molar-refractivity contribution in [3.05, 3.63) is 23.2 Å². The number of hydrogen-bond acceptors (Lipinski definition) is 3.